The van der Waals surface area contributed by atoms with Crippen molar-refractivity contribution in [2.75, 3.05) is 37.3 Å². The van der Waals surface area contributed by atoms with Crippen molar-refractivity contribution in [3.05, 3.63) is 46.7 Å². The van der Waals surface area contributed by atoms with E-state index < -0.39 is 9.84 Å². The van der Waals surface area contributed by atoms with Gasteiger partial charge in [-0.05, 0) is 29.7 Å². The number of anilines is 1. The smallest absolute Gasteiger partial charge is 0.246 e. The first-order chi connectivity index (χ1) is 13.4. The number of thiophene rings is 1. The molecule has 1 saturated heterocycles. The van der Waals surface area contributed by atoms with E-state index in [4.69, 9.17) is 0 Å². The predicted octanol–water partition coefficient (Wildman–Crippen LogP) is 3.12. The fourth-order valence-corrected chi connectivity index (χ4v) is 5.67. The van der Waals surface area contributed by atoms with E-state index in [2.05, 4.69) is 9.88 Å². The number of sulfone groups is 1. The number of para-hydroxylation sites is 1. The normalized spacial score (nSPS) is 15.6. The molecule has 9 heteroatoms. The summed E-state index contributed by atoms with van der Waals surface area (Å²) >= 11 is 3.09. The van der Waals surface area contributed by atoms with Crippen LogP contribution in [0.3, 0.4) is 0 Å². The van der Waals surface area contributed by atoms with Crippen molar-refractivity contribution < 1.29 is 13.2 Å². The first kappa shape index (κ1) is 19.1. The highest BCUT2D eigenvalue weighted by molar-refractivity contribution is 7.91. The summed E-state index contributed by atoms with van der Waals surface area (Å²) in [4.78, 5) is 22.2. The van der Waals surface area contributed by atoms with Crippen LogP contribution >= 0.6 is 22.7 Å². The lowest BCUT2D eigenvalue weighted by Crippen LogP contribution is -2.48. The van der Waals surface area contributed by atoms with E-state index in [1.54, 1.807) is 29.5 Å². The second-order valence-corrected chi connectivity index (χ2v) is 10.5. The fourth-order valence-electron chi connectivity index (χ4n) is 3.11. The van der Waals surface area contributed by atoms with Crippen molar-refractivity contribution in [2.45, 2.75) is 4.90 Å². The maximum Gasteiger partial charge on any atom is 0.246 e. The van der Waals surface area contributed by atoms with Gasteiger partial charge in [0.1, 0.15) is 5.52 Å². The Morgan fingerprint density at radius 1 is 1.14 bits per heavy atom. The van der Waals surface area contributed by atoms with E-state index >= 15 is 0 Å². The molecule has 0 N–H and O–H groups in total. The Hall–Kier alpha value is -2.23. The van der Waals surface area contributed by atoms with Crippen LogP contribution in [0.25, 0.3) is 16.3 Å². The highest BCUT2D eigenvalue weighted by Gasteiger charge is 2.23. The quantitative estimate of drug-likeness (QED) is 0.591. The number of carbonyl (C=O) groups excluding carboxylic acids is 1. The topological polar surface area (TPSA) is 70.6 Å². The minimum Gasteiger partial charge on any atom is -0.345 e. The molecule has 1 aliphatic heterocycles. The third-order valence-corrected chi connectivity index (χ3v) is 7.61. The van der Waals surface area contributed by atoms with Gasteiger partial charge in [-0.25, -0.2) is 13.4 Å². The summed E-state index contributed by atoms with van der Waals surface area (Å²) in [5.74, 6) is 0.0108. The van der Waals surface area contributed by atoms with E-state index in [0.717, 1.165) is 14.7 Å². The van der Waals surface area contributed by atoms with E-state index in [9.17, 15) is 13.2 Å². The molecule has 0 saturated carbocycles. The van der Waals surface area contributed by atoms with Crippen LogP contribution in [0.1, 0.15) is 4.88 Å². The summed E-state index contributed by atoms with van der Waals surface area (Å²) in [6, 6.07) is 9.17. The van der Waals surface area contributed by atoms with Gasteiger partial charge in [0.25, 0.3) is 0 Å². The summed E-state index contributed by atoms with van der Waals surface area (Å²) in [5, 5.41) is 2.78. The molecule has 28 heavy (non-hydrogen) atoms. The average Bonchev–Trinajstić information content (AvgIpc) is 3.34. The van der Waals surface area contributed by atoms with Crippen molar-refractivity contribution in [1.82, 2.24) is 9.88 Å². The Morgan fingerprint density at radius 3 is 2.61 bits per heavy atom. The number of amides is 1. The summed E-state index contributed by atoms with van der Waals surface area (Å²) in [7, 11) is -3.33. The van der Waals surface area contributed by atoms with Crippen LogP contribution in [0.15, 0.2) is 46.7 Å². The minimum atomic E-state index is -3.33. The number of hydrogen-bond acceptors (Lipinski definition) is 7. The second kappa shape index (κ2) is 7.65. The number of carbonyl (C=O) groups is 1. The van der Waals surface area contributed by atoms with Crippen LogP contribution in [-0.2, 0) is 14.6 Å². The lowest BCUT2D eigenvalue weighted by Gasteiger charge is -2.34. The first-order valence-corrected chi connectivity index (χ1v) is 12.4. The SMILES string of the molecule is CS(=O)(=O)c1cccc2sc(N3CCN(C(=O)/C=C/c4cccs4)CC3)nc12. The third kappa shape index (κ3) is 3.96. The van der Waals surface area contributed by atoms with E-state index in [1.807, 2.05) is 34.6 Å². The summed E-state index contributed by atoms with van der Waals surface area (Å²) in [6.45, 7) is 2.57. The van der Waals surface area contributed by atoms with Crippen molar-refractivity contribution in [3.8, 4) is 0 Å². The number of piperazine rings is 1. The number of nitrogens with zero attached hydrogens (tertiary/aromatic N) is 3. The van der Waals surface area contributed by atoms with Gasteiger partial charge in [-0.2, -0.15) is 0 Å². The van der Waals surface area contributed by atoms with E-state index in [-0.39, 0.29) is 10.8 Å². The Bertz CT molecular complexity index is 1130. The number of aromatic nitrogens is 1. The van der Waals surface area contributed by atoms with Gasteiger partial charge < -0.3 is 9.80 Å². The molecule has 146 valence electrons. The van der Waals surface area contributed by atoms with Gasteiger partial charge in [0.05, 0.1) is 9.60 Å². The first-order valence-electron chi connectivity index (χ1n) is 8.77. The largest absolute Gasteiger partial charge is 0.345 e. The van der Waals surface area contributed by atoms with Crippen LogP contribution in [0.4, 0.5) is 5.13 Å². The lowest BCUT2D eigenvalue weighted by molar-refractivity contribution is -0.126. The Morgan fingerprint density at radius 2 is 1.93 bits per heavy atom. The van der Waals surface area contributed by atoms with E-state index in [1.165, 1.54) is 17.6 Å². The third-order valence-electron chi connectivity index (χ3n) is 4.57. The molecule has 2 aromatic heterocycles. The Kier molecular flexibility index (Phi) is 5.22. The average molecular weight is 434 g/mol. The van der Waals surface area contributed by atoms with Crippen molar-refractivity contribution in [2.24, 2.45) is 0 Å². The zero-order valence-corrected chi connectivity index (χ0v) is 17.7. The molecule has 0 unspecified atom stereocenters. The zero-order valence-electron chi connectivity index (χ0n) is 15.2. The molecule has 3 heterocycles. The number of rotatable bonds is 4. The molecule has 0 radical (unpaired) electrons. The lowest BCUT2D eigenvalue weighted by atomic mass is 10.3. The molecule has 0 aliphatic carbocycles. The number of thiazole rings is 1. The molecule has 1 fully saturated rings. The summed E-state index contributed by atoms with van der Waals surface area (Å²) < 4.78 is 24.9. The highest BCUT2D eigenvalue weighted by atomic mass is 32.2. The van der Waals surface area contributed by atoms with Gasteiger partial charge >= 0.3 is 0 Å². The number of benzene rings is 1. The maximum absolute atomic E-state index is 12.4. The highest BCUT2D eigenvalue weighted by Crippen LogP contribution is 2.33. The van der Waals surface area contributed by atoms with Crippen LogP contribution in [0.5, 0.6) is 0 Å². The standard InChI is InChI=1S/C19H19N3O3S3/c1-28(24,25)16-6-2-5-15-18(16)20-19(27-15)22-11-9-21(10-12-22)17(23)8-7-14-4-3-13-26-14/h2-8,13H,9-12H2,1H3/b8-7+. The Labute approximate surface area is 171 Å². The maximum atomic E-state index is 12.4. The van der Waals surface area contributed by atoms with Crippen molar-refractivity contribution in [1.29, 1.82) is 0 Å². The number of fused-ring (bicyclic) bond motifs is 1. The second-order valence-electron chi connectivity index (χ2n) is 6.53. The molecule has 0 bridgehead atoms. The zero-order chi connectivity index (χ0) is 19.7. The molecular formula is C19H19N3O3S3. The fraction of sp³-hybridized carbons (Fsp3) is 0.263. The molecule has 1 aliphatic rings. The summed E-state index contributed by atoms with van der Waals surface area (Å²) in [5.41, 5.74) is 0.530. The van der Waals surface area contributed by atoms with Gasteiger partial charge in [0.15, 0.2) is 15.0 Å². The van der Waals surface area contributed by atoms with Gasteiger partial charge in [0, 0.05) is 43.4 Å². The molecule has 6 nitrogen and oxygen atoms in total. The van der Waals surface area contributed by atoms with Crippen molar-refractivity contribution in [3.63, 3.8) is 0 Å². The molecule has 0 atom stereocenters. The summed E-state index contributed by atoms with van der Waals surface area (Å²) in [6.07, 6.45) is 4.67. The van der Waals surface area contributed by atoms with Crippen LogP contribution in [0, 0.1) is 0 Å². The van der Waals surface area contributed by atoms with Gasteiger partial charge in [-0.15, -0.1) is 11.3 Å². The van der Waals surface area contributed by atoms with Crippen LogP contribution < -0.4 is 4.90 Å². The van der Waals surface area contributed by atoms with E-state index in [0.29, 0.717) is 31.7 Å². The monoisotopic (exact) mass is 433 g/mol. The van der Waals surface area contributed by atoms with Gasteiger partial charge in [-0.1, -0.05) is 23.5 Å². The minimum absolute atomic E-state index is 0.0108. The van der Waals surface area contributed by atoms with Gasteiger partial charge in [-0.3, -0.25) is 4.79 Å². The van der Waals surface area contributed by atoms with Crippen LogP contribution in [0.2, 0.25) is 0 Å². The molecule has 1 amide bonds. The molecule has 1 aromatic carbocycles. The molecule has 4 rings (SSSR count). The molecule has 3 aromatic rings. The van der Waals surface area contributed by atoms with Crippen molar-refractivity contribution >= 4 is 59.8 Å². The number of hydrogen-bond donors (Lipinski definition) is 0. The van der Waals surface area contributed by atoms with Crippen LogP contribution in [-0.4, -0.2) is 56.6 Å². The van der Waals surface area contributed by atoms with Gasteiger partial charge in [0.2, 0.25) is 5.91 Å². The Balaban J connectivity index is 1.46. The predicted molar refractivity (Wildman–Crippen MR) is 115 cm³/mol. The molecular weight excluding hydrogens is 414 g/mol. The molecule has 0 spiro atoms.